The van der Waals surface area contributed by atoms with Gasteiger partial charge in [0.15, 0.2) is 6.61 Å². The number of ether oxygens (including phenoxy) is 3. The first-order chi connectivity index (χ1) is 13.5. The molecule has 7 heteroatoms. The molecule has 0 unspecified atom stereocenters. The molecule has 0 spiro atoms. The predicted octanol–water partition coefficient (Wildman–Crippen LogP) is 3.10. The maximum atomic E-state index is 12.1. The van der Waals surface area contributed by atoms with Gasteiger partial charge in [0, 0.05) is 0 Å². The van der Waals surface area contributed by atoms with Crippen LogP contribution >= 0.6 is 0 Å². The van der Waals surface area contributed by atoms with Gasteiger partial charge >= 0.3 is 5.97 Å². The number of hydrogen-bond acceptors (Lipinski definition) is 6. The molecule has 2 rings (SSSR count). The van der Waals surface area contributed by atoms with E-state index in [1.165, 1.54) is 13.2 Å². The standard InChI is InChI=1S/C21H20N2O5/c1-14-4-9-19(27-3)18(10-14)23-20(24)13-28-21(25)16(12-22)11-15-5-7-17(26-2)8-6-15/h4-11H,13H2,1-3H3,(H,23,24)/b16-11+. The number of carbonyl (C=O) groups is 2. The number of nitrogens with one attached hydrogen (secondary N) is 1. The average Bonchev–Trinajstić information content (AvgIpc) is 2.71. The van der Waals surface area contributed by atoms with E-state index >= 15 is 0 Å². The predicted molar refractivity (Wildman–Crippen MR) is 104 cm³/mol. The van der Waals surface area contributed by atoms with E-state index in [4.69, 9.17) is 14.2 Å². The Balaban J connectivity index is 1.99. The number of anilines is 1. The molecule has 1 N–H and O–H groups in total. The summed E-state index contributed by atoms with van der Waals surface area (Å²) in [5, 5.41) is 11.8. The molecule has 2 aromatic carbocycles. The third-order valence-electron chi connectivity index (χ3n) is 3.73. The second-order valence-corrected chi connectivity index (χ2v) is 5.77. The highest BCUT2D eigenvalue weighted by atomic mass is 16.5. The van der Waals surface area contributed by atoms with E-state index in [-0.39, 0.29) is 5.57 Å². The fourth-order valence-corrected chi connectivity index (χ4v) is 2.32. The SMILES string of the molecule is COc1ccc(/C=C(\C#N)C(=O)OCC(=O)Nc2cc(C)ccc2OC)cc1. The number of nitrogens with zero attached hydrogens (tertiary/aromatic N) is 1. The van der Waals surface area contributed by atoms with Crippen LogP contribution in [-0.4, -0.2) is 32.7 Å². The van der Waals surface area contributed by atoms with Crippen molar-refractivity contribution in [3.05, 3.63) is 59.2 Å². The van der Waals surface area contributed by atoms with Crippen molar-refractivity contribution >= 4 is 23.6 Å². The highest BCUT2D eigenvalue weighted by Crippen LogP contribution is 2.25. The van der Waals surface area contributed by atoms with Gasteiger partial charge in [-0.15, -0.1) is 0 Å². The zero-order valence-electron chi connectivity index (χ0n) is 15.8. The van der Waals surface area contributed by atoms with Gasteiger partial charge in [0.05, 0.1) is 19.9 Å². The molecule has 0 saturated heterocycles. The van der Waals surface area contributed by atoms with Gasteiger partial charge in [0.1, 0.15) is 23.1 Å². The highest BCUT2D eigenvalue weighted by molar-refractivity contribution is 6.00. The number of nitriles is 1. The molecular weight excluding hydrogens is 360 g/mol. The Hall–Kier alpha value is -3.79. The number of amides is 1. The molecule has 2 aromatic rings. The number of aryl methyl sites for hydroxylation is 1. The highest BCUT2D eigenvalue weighted by Gasteiger charge is 2.14. The van der Waals surface area contributed by atoms with Gasteiger partial charge in [-0.2, -0.15) is 5.26 Å². The molecule has 0 heterocycles. The molecule has 0 aliphatic heterocycles. The molecule has 28 heavy (non-hydrogen) atoms. The third kappa shape index (κ3) is 5.61. The van der Waals surface area contributed by atoms with Crippen LogP contribution in [0.2, 0.25) is 0 Å². The molecule has 0 aliphatic rings. The molecule has 7 nitrogen and oxygen atoms in total. The Morgan fingerprint density at radius 3 is 2.43 bits per heavy atom. The monoisotopic (exact) mass is 380 g/mol. The average molecular weight is 380 g/mol. The lowest BCUT2D eigenvalue weighted by atomic mass is 10.1. The Kier molecular flexibility index (Phi) is 7.17. The molecule has 144 valence electrons. The fraction of sp³-hybridized carbons (Fsp3) is 0.190. The molecule has 0 aliphatic carbocycles. The Morgan fingerprint density at radius 1 is 1.11 bits per heavy atom. The third-order valence-corrected chi connectivity index (χ3v) is 3.73. The smallest absolute Gasteiger partial charge is 0.349 e. The minimum absolute atomic E-state index is 0.217. The van der Waals surface area contributed by atoms with Gasteiger partial charge in [-0.3, -0.25) is 4.79 Å². The number of hydrogen-bond donors (Lipinski definition) is 1. The van der Waals surface area contributed by atoms with E-state index in [1.807, 2.05) is 13.0 Å². The van der Waals surface area contributed by atoms with Crippen molar-refractivity contribution in [2.45, 2.75) is 6.92 Å². The van der Waals surface area contributed by atoms with E-state index in [2.05, 4.69) is 5.32 Å². The van der Waals surface area contributed by atoms with E-state index in [1.54, 1.807) is 49.6 Å². The molecule has 0 radical (unpaired) electrons. The lowest BCUT2D eigenvalue weighted by Crippen LogP contribution is -2.21. The Morgan fingerprint density at radius 2 is 1.82 bits per heavy atom. The van der Waals surface area contributed by atoms with E-state index in [0.29, 0.717) is 22.7 Å². The summed E-state index contributed by atoms with van der Waals surface area (Å²) in [6.07, 6.45) is 1.38. The lowest BCUT2D eigenvalue weighted by Gasteiger charge is -2.11. The van der Waals surface area contributed by atoms with Crippen LogP contribution in [0.4, 0.5) is 5.69 Å². The van der Waals surface area contributed by atoms with Crippen molar-refractivity contribution in [1.29, 1.82) is 5.26 Å². The minimum Gasteiger partial charge on any atom is -0.497 e. The molecule has 0 fully saturated rings. The quantitative estimate of drug-likeness (QED) is 0.450. The van der Waals surface area contributed by atoms with Crippen LogP contribution in [0.3, 0.4) is 0 Å². The minimum atomic E-state index is -0.885. The fourth-order valence-electron chi connectivity index (χ4n) is 2.32. The number of esters is 1. The van der Waals surface area contributed by atoms with Crippen molar-refractivity contribution in [3.8, 4) is 17.6 Å². The van der Waals surface area contributed by atoms with Crippen molar-refractivity contribution in [2.75, 3.05) is 26.1 Å². The normalized spacial score (nSPS) is 10.6. The Labute approximate surface area is 163 Å². The first kappa shape index (κ1) is 20.5. The van der Waals surface area contributed by atoms with Gasteiger partial charge < -0.3 is 19.5 Å². The number of carbonyl (C=O) groups excluding carboxylic acids is 2. The topological polar surface area (TPSA) is 97.6 Å². The number of methoxy groups -OCH3 is 2. The second-order valence-electron chi connectivity index (χ2n) is 5.77. The summed E-state index contributed by atoms with van der Waals surface area (Å²) in [6, 6.07) is 13.9. The maximum Gasteiger partial charge on any atom is 0.349 e. The first-order valence-electron chi connectivity index (χ1n) is 8.34. The number of rotatable bonds is 7. The van der Waals surface area contributed by atoms with Crippen molar-refractivity contribution in [3.63, 3.8) is 0 Å². The largest absolute Gasteiger partial charge is 0.497 e. The van der Waals surface area contributed by atoms with Gasteiger partial charge in [0.2, 0.25) is 0 Å². The maximum absolute atomic E-state index is 12.1. The van der Waals surface area contributed by atoms with Crippen molar-refractivity contribution in [2.24, 2.45) is 0 Å². The van der Waals surface area contributed by atoms with Crippen LogP contribution in [0.1, 0.15) is 11.1 Å². The summed E-state index contributed by atoms with van der Waals surface area (Å²) >= 11 is 0. The lowest BCUT2D eigenvalue weighted by molar-refractivity contribution is -0.142. The summed E-state index contributed by atoms with van der Waals surface area (Å²) in [4.78, 5) is 24.2. The van der Waals surface area contributed by atoms with Gasteiger partial charge in [-0.05, 0) is 48.4 Å². The van der Waals surface area contributed by atoms with Gasteiger partial charge in [-0.1, -0.05) is 18.2 Å². The zero-order valence-corrected chi connectivity index (χ0v) is 15.8. The molecule has 0 atom stereocenters. The van der Waals surface area contributed by atoms with Crippen LogP contribution in [0.5, 0.6) is 11.5 Å². The van der Waals surface area contributed by atoms with Crippen LogP contribution in [0.15, 0.2) is 48.0 Å². The van der Waals surface area contributed by atoms with E-state index in [0.717, 1.165) is 5.56 Å². The second kappa shape index (κ2) is 9.78. The summed E-state index contributed by atoms with van der Waals surface area (Å²) in [5.74, 6) is -0.285. The summed E-state index contributed by atoms with van der Waals surface area (Å²) < 4.78 is 15.2. The first-order valence-corrected chi connectivity index (χ1v) is 8.34. The summed E-state index contributed by atoms with van der Waals surface area (Å²) in [5.41, 5.74) is 1.81. The zero-order chi connectivity index (χ0) is 20.5. The molecule has 0 aromatic heterocycles. The summed E-state index contributed by atoms with van der Waals surface area (Å²) in [6.45, 7) is 1.34. The van der Waals surface area contributed by atoms with E-state index < -0.39 is 18.5 Å². The molecule has 0 saturated carbocycles. The van der Waals surface area contributed by atoms with Crippen LogP contribution < -0.4 is 14.8 Å². The number of benzene rings is 2. The van der Waals surface area contributed by atoms with Gasteiger partial charge in [0.25, 0.3) is 5.91 Å². The molecule has 0 bridgehead atoms. The molecule has 1 amide bonds. The Bertz CT molecular complexity index is 927. The van der Waals surface area contributed by atoms with E-state index in [9.17, 15) is 14.9 Å². The van der Waals surface area contributed by atoms with Crippen LogP contribution in [0.25, 0.3) is 6.08 Å². The van der Waals surface area contributed by atoms with Crippen molar-refractivity contribution in [1.82, 2.24) is 0 Å². The van der Waals surface area contributed by atoms with Crippen LogP contribution in [0, 0.1) is 18.3 Å². The summed E-state index contributed by atoms with van der Waals surface area (Å²) in [7, 11) is 3.03. The van der Waals surface area contributed by atoms with Crippen molar-refractivity contribution < 1.29 is 23.8 Å². The molecular formula is C21H20N2O5. The van der Waals surface area contributed by atoms with Crippen LogP contribution in [-0.2, 0) is 14.3 Å². The van der Waals surface area contributed by atoms with Gasteiger partial charge in [-0.25, -0.2) is 4.79 Å².